The average Bonchev–Trinajstić information content (AvgIpc) is 3.12. The van der Waals surface area contributed by atoms with Crippen LogP contribution in [0.4, 0.5) is 0 Å². The first kappa shape index (κ1) is 15.2. The van der Waals surface area contributed by atoms with E-state index in [9.17, 15) is 4.79 Å². The Balaban J connectivity index is 1.90. The lowest BCUT2D eigenvalue weighted by Crippen LogP contribution is -2.49. The predicted molar refractivity (Wildman–Crippen MR) is 88.3 cm³/mol. The highest BCUT2D eigenvalue weighted by molar-refractivity contribution is 7.14. The molecule has 1 fully saturated rings. The van der Waals surface area contributed by atoms with Crippen LogP contribution in [0.1, 0.15) is 38.9 Å². The molecule has 3 rings (SSSR count). The van der Waals surface area contributed by atoms with E-state index in [1.165, 1.54) is 10.4 Å². The van der Waals surface area contributed by atoms with Gasteiger partial charge in [0.2, 0.25) is 0 Å². The lowest BCUT2D eigenvalue weighted by Gasteiger charge is -2.35. The fourth-order valence-corrected chi connectivity index (χ4v) is 4.06. The quantitative estimate of drug-likeness (QED) is 0.943. The van der Waals surface area contributed by atoms with Crippen LogP contribution in [0.15, 0.2) is 18.5 Å². The van der Waals surface area contributed by atoms with Gasteiger partial charge < -0.3 is 14.8 Å². The summed E-state index contributed by atoms with van der Waals surface area (Å²) >= 11 is 1.63. The Morgan fingerprint density at radius 2 is 2.36 bits per heavy atom. The largest absolute Gasteiger partial charge is 0.336 e. The molecule has 2 aromatic rings. The Labute approximate surface area is 135 Å². The van der Waals surface area contributed by atoms with Crippen molar-refractivity contribution in [2.75, 3.05) is 19.6 Å². The third kappa shape index (κ3) is 2.68. The molecule has 1 aliphatic heterocycles. The highest BCUT2D eigenvalue weighted by Gasteiger charge is 2.31. The van der Waals surface area contributed by atoms with Crippen molar-refractivity contribution in [1.82, 2.24) is 19.8 Å². The van der Waals surface area contributed by atoms with Crippen LogP contribution in [0.2, 0.25) is 0 Å². The summed E-state index contributed by atoms with van der Waals surface area (Å²) in [6.07, 6.45) is 4.70. The topological polar surface area (TPSA) is 50.2 Å². The molecular formula is C16H22N4OS. The van der Waals surface area contributed by atoms with Crippen molar-refractivity contribution in [2.45, 2.75) is 26.3 Å². The Morgan fingerprint density at radius 3 is 3.00 bits per heavy atom. The van der Waals surface area contributed by atoms with E-state index in [1.54, 1.807) is 17.5 Å². The Bertz CT molecular complexity index is 675. The number of amides is 1. The number of rotatable bonds is 3. The van der Waals surface area contributed by atoms with Crippen LogP contribution in [0, 0.1) is 6.92 Å². The van der Waals surface area contributed by atoms with Gasteiger partial charge in [-0.15, -0.1) is 11.3 Å². The van der Waals surface area contributed by atoms with Gasteiger partial charge in [0.1, 0.15) is 11.9 Å². The van der Waals surface area contributed by atoms with E-state index in [1.807, 2.05) is 28.8 Å². The van der Waals surface area contributed by atoms with Crippen molar-refractivity contribution in [3.8, 4) is 0 Å². The monoisotopic (exact) mass is 318 g/mol. The Kier molecular flexibility index (Phi) is 4.31. The molecule has 0 spiro atoms. The molecule has 1 atom stereocenters. The minimum absolute atomic E-state index is 0.00580. The second kappa shape index (κ2) is 6.22. The van der Waals surface area contributed by atoms with Crippen LogP contribution in [0.25, 0.3) is 0 Å². The Hall–Kier alpha value is -1.66. The molecule has 5 nitrogen and oxygen atoms in total. The average molecular weight is 318 g/mol. The standard InChI is InChI=1S/C16H22N4OS/c1-4-13-11(2)9-14(22-13)16(21)20-8-5-17-10-12(20)15-18-6-7-19(15)3/h6-7,9,12,17H,4-5,8,10H2,1-3H3. The molecule has 1 aliphatic rings. The van der Waals surface area contributed by atoms with Gasteiger partial charge >= 0.3 is 0 Å². The number of aromatic nitrogens is 2. The summed E-state index contributed by atoms with van der Waals surface area (Å²) in [5.41, 5.74) is 1.22. The summed E-state index contributed by atoms with van der Waals surface area (Å²) in [6, 6.07) is 2.03. The minimum atomic E-state index is -0.00580. The third-order valence-corrected chi connectivity index (χ3v) is 5.58. The van der Waals surface area contributed by atoms with Crippen molar-refractivity contribution < 1.29 is 4.79 Å². The number of aryl methyl sites for hydroxylation is 3. The molecule has 0 aliphatic carbocycles. The molecule has 2 aromatic heterocycles. The second-order valence-corrected chi connectivity index (χ2v) is 6.82. The SMILES string of the molecule is CCc1sc(C(=O)N2CCNCC2c2nccn2C)cc1C. The molecule has 3 heterocycles. The molecule has 1 amide bonds. The van der Waals surface area contributed by atoms with Crippen LogP contribution in [-0.4, -0.2) is 40.0 Å². The van der Waals surface area contributed by atoms with Gasteiger partial charge in [0.05, 0.1) is 4.88 Å². The van der Waals surface area contributed by atoms with Crippen LogP contribution in [-0.2, 0) is 13.5 Å². The van der Waals surface area contributed by atoms with Crippen molar-refractivity contribution in [3.63, 3.8) is 0 Å². The van der Waals surface area contributed by atoms with Crippen molar-refractivity contribution in [3.05, 3.63) is 39.6 Å². The molecule has 1 N–H and O–H groups in total. The van der Waals surface area contributed by atoms with Crippen LogP contribution >= 0.6 is 11.3 Å². The molecule has 0 radical (unpaired) electrons. The van der Waals surface area contributed by atoms with Gasteiger partial charge in [-0.25, -0.2) is 4.98 Å². The third-order valence-electron chi connectivity index (χ3n) is 4.21. The van der Waals surface area contributed by atoms with E-state index in [-0.39, 0.29) is 11.9 Å². The molecule has 6 heteroatoms. The fourth-order valence-electron chi connectivity index (χ4n) is 2.99. The first-order chi connectivity index (χ1) is 10.6. The van der Waals surface area contributed by atoms with Crippen LogP contribution in [0.3, 0.4) is 0 Å². The van der Waals surface area contributed by atoms with Gasteiger partial charge in [-0.05, 0) is 25.0 Å². The zero-order valence-electron chi connectivity index (χ0n) is 13.3. The summed E-state index contributed by atoms with van der Waals surface area (Å²) in [6.45, 7) is 6.52. The summed E-state index contributed by atoms with van der Waals surface area (Å²) < 4.78 is 2.00. The summed E-state index contributed by atoms with van der Waals surface area (Å²) in [5.74, 6) is 1.06. The number of imidazole rings is 1. The molecule has 0 aromatic carbocycles. The zero-order valence-corrected chi connectivity index (χ0v) is 14.1. The van der Waals surface area contributed by atoms with E-state index in [0.717, 1.165) is 36.8 Å². The number of nitrogens with one attached hydrogen (secondary N) is 1. The van der Waals surface area contributed by atoms with E-state index in [2.05, 4.69) is 24.1 Å². The highest BCUT2D eigenvalue weighted by Crippen LogP contribution is 2.28. The molecule has 1 unspecified atom stereocenters. The maximum absolute atomic E-state index is 13.0. The normalized spacial score (nSPS) is 18.7. The number of thiophene rings is 1. The molecule has 22 heavy (non-hydrogen) atoms. The van der Waals surface area contributed by atoms with Gasteiger partial charge in [-0.2, -0.15) is 0 Å². The highest BCUT2D eigenvalue weighted by atomic mass is 32.1. The van der Waals surface area contributed by atoms with E-state index in [0.29, 0.717) is 0 Å². The predicted octanol–water partition coefficient (Wildman–Crippen LogP) is 2.14. The molecule has 0 bridgehead atoms. The van der Waals surface area contributed by atoms with Gasteiger partial charge in [0, 0.05) is 44.0 Å². The summed E-state index contributed by atoms with van der Waals surface area (Å²) in [7, 11) is 1.98. The van der Waals surface area contributed by atoms with Gasteiger partial charge in [-0.3, -0.25) is 4.79 Å². The number of carbonyl (C=O) groups is 1. The van der Waals surface area contributed by atoms with E-state index < -0.39 is 0 Å². The van der Waals surface area contributed by atoms with Crippen molar-refractivity contribution >= 4 is 17.2 Å². The van der Waals surface area contributed by atoms with Gasteiger partial charge in [0.25, 0.3) is 5.91 Å². The van der Waals surface area contributed by atoms with Crippen molar-refractivity contribution in [1.29, 1.82) is 0 Å². The van der Waals surface area contributed by atoms with Crippen molar-refractivity contribution in [2.24, 2.45) is 7.05 Å². The second-order valence-electron chi connectivity index (χ2n) is 5.69. The molecule has 1 saturated heterocycles. The molecule has 0 saturated carbocycles. The molecular weight excluding hydrogens is 296 g/mol. The number of carbonyl (C=O) groups excluding carboxylic acids is 1. The Morgan fingerprint density at radius 1 is 1.55 bits per heavy atom. The maximum atomic E-state index is 13.0. The summed E-state index contributed by atoms with van der Waals surface area (Å²) in [5, 5.41) is 3.37. The smallest absolute Gasteiger partial charge is 0.264 e. The molecule has 118 valence electrons. The lowest BCUT2D eigenvalue weighted by atomic mass is 10.1. The van der Waals surface area contributed by atoms with E-state index >= 15 is 0 Å². The van der Waals surface area contributed by atoms with Crippen LogP contribution < -0.4 is 5.32 Å². The number of hydrogen-bond acceptors (Lipinski definition) is 4. The zero-order chi connectivity index (χ0) is 15.7. The minimum Gasteiger partial charge on any atom is -0.336 e. The number of nitrogens with zero attached hydrogens (tertiary/aromatic N) is 3. The van der Waals surface area contributed by atoms with E-state index in [4.69, 9.17) is 0 Å². The van der Waals surface area contributed by atoms with Gasteiger partial charge in [-0.1, -0.05) is 6.92 Å². The first-order valence-corrected chi connectivity index (χ1v) is 8.51. The lowest BCUT2D eigenvalue weighted by molar-refractivity contribution is 0.0626. The fraction of sp³-hybridized carbons (Fsp3) is 0.500. The maximum Gasteiger partial charge on any atom is 0.264 e. The first-order valence-electron chi connectivity index (χ1n) is 7.70. The summed E-state index contributed by atoms with van der Waals surface area (Å²) in [4.78, 5) is 21.5. The van der Waals surface area contributed by atoms with Crippen LogP contribution in [0.5, 0.6) is 0 Å². The number of hydrogen-bond donors (Lipinski definition) is 1. The van der Waals surface area contributed by atoms with Gasteiger partial charge in [0.15, 0.2) is 0 Å². The number of piperazine rings is 1.